The van der Waals surface area contributed by atoms with Gasteiger partial charge in [0.15, 0.2) is 17.5 Å². The van der Waals surface area contributed by atoms with E-state index in [9.17, 15) is 0 Å². The third kappa shape index (κ3) is 4.43. The van der Waals surface area contributed by atoms with Crippen molar-refractivity contribution in [2.75, 3.05) is 0 Å². The Hall–Kier alpha value is -6.63. The van der Waals surface area contributed by atoms with E-state index in [1.165, 1.54) is 15.5 Å². The van der Waals surface area contributed by atoms with E-state index in [1.54, 1.807) is 11.3 Å². The first-order chi connectivity index (χ1) is 25.2. The largest absolute Gasteiger partial charge is 0.456 e. The second kappa shape index (κ2) is 10.9. The van der Waals surface area contributed by atoms with E-state index in [-0.39, 0.29) is 0 Å². The highest BCUT2D eigenvalue weighted by molar-refractivity contribution is 7.26. The summed E-state index contributed by atoms with van der Waals surface area (Å²) in [7, 11) is 0. The summed E-state index contributed by atoms with van der Waals surface area (Å²) < 4.78 is 15.2. The summed E-state index contributed by atoms with van der Waals surface area (Å²) in [6.45, 7) is 0. The van der Waals surface area contributed by atoms with Crippen LogP contribution in [0.15, 0.2) is 160 Å². The Kier molecular flexibility index (Phi) is 6.05. The number of benzene rings is 7. The lowest BCUT2D eigenvalue weighted by Crippen LogP contribution is -2.00. The third-order valence-corrected chi connectivity index (χ3v) is 11.0. The van der Waals surface area contributed by atoms with E-state index in [1.807, 2.05) is 66.7 Å². The standard InChI is InChI=1S/C45H25N3O2S/c1-2-10-26(11-3-1)43-46-44(48-45(47-43)34-17-9-16-33-31-13-5-7-19-40(31)51-42(33)34)28-21-23-39-36(25-28)35-24-27(20-22-38(35)49-39)29-14-8-15-32-30-12-4-6-18-37(30)50-41(29)32/h1-25H. The molecule has 0 unspecified atom stereocenters. The Bertz CT molecular complexity index is 3160. The summed E-state index contributed by atoms with van der Waals surface area (Å²) in [4.78, 5) is 15.3. The topological polar surface area (TPSA) is 65.0 Å². The minimum absolute atomic E-state index is 0.608. The summed E-state index contributed by atoms with van der Waals surface area (Å²) in [5.74, 6) is 1.89. The molecule has 0 saturated carbocycles. The number of rotatable bonds is 4. The monoisotopic (exact) mass is 671 g/mol. The molecule has 0 aliphatic carbocycles. The van der Waals surface area contributed by atoms with Crippen molar-refractivity contribution in [3.8, 4) is 45.3 Å². The summed E-state index contributed by atoms with van der Waals surface area (Å²) in [6.07, 6.45) is 0. The molecular weight excluding hydrogens is 647 g/mol. The molecular formula is C45H25N3O2S. The molecule has 0 atom stereocenters. The molecule has 51 heavy (non-hydrogen) atoms. The molecule has 0 amide bonds. The molecule has 6 heteroatoms. The number of hydrogen-bond acceptors (Lipinski definition) is 6. The van der Waals surface area contributed by atoms with Crippen LogP contribution in [0.25, 0.3) is 109 Å². The molecule has 5 nitrogen and oxygen atoms in total. The summed E-state index contributed by atoms with van der Waals surface area (Å²) in [5, 5.41) is 6.68. The minimum atomic E-state index is 0.608. The van der Waals surface area contributed by atoms with Crippen LogP contribution in [0.2, 0.25) is 0 Å². The molecule has 0 radical (unpaired) electrons. The third-order valence-electron chi connectivity index (χ3n) is 9.76. The first kappa shape index (κ1) is 28.2. The van der Waals surface area contributed by atoms with Crippen LogP contribution >= 0.6 is 11.3 Å². The van der Waals surface area contributed by atoms with Crippen LogP contribution < -0.4 is 0 Å². The minimum Gasteiger partial charge on any atom is -0.456 e. The molecule has 0 saturated heterocycles. The van der Waals surface area contributed by atoms with E-state index < -0.39 is 0 Å². The highest BCUT2D eigenvalue weighted by Gasteiger charge is 2.19. The predicted octanol–water partition coefficient (Wildman–Crippen LogP) is 12.7. The summed E-state index contributed by atoms with van der Waals surface area (Å²) >= 11 is 1.77. The molecule has 0 bridgehead atoms. The number of aromatic nitrogens is 3. The molecule has 0 aliphatic rings. The van der Waals surface area contributed by atoms with Crippen molar-refractivity contribution in [3.05, 3.63) is 152 Å². The van der Waals surface area contributed by atoms with Crippen molar-refractivity contribution in [2.45, 2.75) is 0 Å². The van der Waals surface area contributed by atoms with Gasteiger partial charge in [0.25, 0.3) is 0 Å². The molecule has 0 N–H and O–H groups in total. The van der Waals surface area contributed by atoms with Gasteiger partial charge in [-0.15, -0.1) is 11.3 Å². The molecule has 0 fully saturated rings. The second-order valence-corrected chi connectivity index (χ2v) is 13.8. The first-order valence-electron chi connectivity index (χ1n) is 16.8. The van der Waals surface area contributed by atoms with Gasteiger partial charge in [0.05, 0.1) is 0 Å². The van der Waals surface area contributed by atoms with Crippen LogP contribution in [-0.4, -0.2) is 15.0 Å². The lowest BCUT2D eigenvalue weighted by molar-refractivity contribution is 0.668. The number of para-hydroxylation sites is 2. The molecule has 11 aromatic rings. The molecule has 4 heterocycles. The molecule has 7 aromatic carbocycles. The van der Waals surface area contributed by atoms with E-state index >= 15 is 0 Å². The zero-order valence-corrected chi connectivity index (χ0v) is 27.8. The Morgan fingerprint density at radius 3 is 1.82 bits per heavy atom. The maximum atomic E-state index is 6.39. The average molecular weight is 672 g/mol. The quantitative estimate of drug-likeness (QED) is 0.186. The van der Waals surface area contributed by atoms with E-state index in [4.69, 9.17) is 23.8 Å². The fraction of sp³-hybridized carbons (Fsp3) is 0. The van der Waals surface area contributed by atoms with Gasteiger partial charge >= 0.3 is 0 Å². The number of fused-ring (bicyclic) bond motifs is 9. The Balaban J connectivity index is 1.10. The second-order valence-electron chi connectivity index (χ2n) is 12.8. The van der Waals surface area contributed by atoms with Gasteiger partial charge in [-0.1, -0.05) is 103 Å². The fourth-order valence-corrected chi connectivity index (χ4v) is 8.54. The van der Waals surface area contributed by atoms with Gasteiger partial charge in [0, 0.05) is 64.0 Å². The smallest absolute Gasteiger partial charge is 0.165 e. The van der Waals surface area contributed by atoms with Gasteiger partial charge in [-0.05, 0) is 54.1 Å². The zero-order valence-electron chi connectivity index (χ0n) is 27.0. The van der Waals surface area contributed by atoms with Crippen LogP contribution in [0.3, 0.4) is 0 Å². The number of hydrogen-bond donors (Lipinski definition) is 0. The summed E-state index contributed by atoms with van der Waals surface area (Å²) in [6, 6.07) is 52.1. The van der Waals surface area contributed by atoms with Gasteiger partial charge in [-0.3, -0.25) is 0 Å². The van der Waals surface area contributed by atoms with Crippen molar-refractivity contribution in [1.82, 2.24) is 15.0 Å². The van der Waals surface area contributed by atoms with E-state index in [0.29, 0.717) is 17.5 Å². The van der Waals surface area contributed by atoms with E-state index in [2.05, 4.69) is 84.9 Å². The van der Waals surface area contributed by atoms with Crippen LogP contribution in [-0.2, 0) is 0 Å². The Morgan fingerprint density at radius 2 is 0.980 bits per heavy atom. The van der Waals surface area contributed by atoms with Gasteiger partial charge in [0.2, 0.25) is 0 Å². The first-order valence-corrected chi connectivity index (χ1v) is 17.7. The van der Waals surface area contributed by atoms with Gasteiger partial charge in [-0.25, -0.2) is 15.0 Å². The normalized spacial score (nSPS) is 11.9. The maximum absolute atomic E-state index is 6.39. The zero-order chi connectivity index (χ0) is 33.5. The Morgan fingerprint density at radius 1 is 0.373 bits per heavy atom. The van der Waals surface area contributed by atoms with Crippen molar-refractivity contribution in [2.24, 2.45) is 0 Å². The van der Waals surface area contributed by atoms with E-state index in [0.717, 1.165) is 76.4 Å². The fourth-order valence-electron chi connectivity index (χ4n) is 7.32. The molecule has 4 aromatic heterocycles. The van der Waals surface area contributed by atoms with Crippen LogP contribution in [0.4, 0.5) is 0 Å². The summed E-state index contributed by atoms with van der Waals surface area (Å²) in [5.41, 5.74) is 8.31. The van der Waals surface area contributed by atoms with Crippen LogP contribution in [0, 0.1) is 0 Å². The number of thiophene rings is 1. The number of furan rings is 2. The number of nitrogens with zero attached hydrogens (tertiary/aromatic N) is 3. The lowest BCUT2D eigenvalue weighted by atomic mass is 10.00. The predicted molar refractivity (Wildman–Crippen MR) is 209 cm³/mol. The lowest BCUT2D eigenvalue weighted by Gasteiger charge is -2.09. The van der Waals surface area contributed by atoms with Gasteiger partial charge in [-0.2, -0.15) is 0 Å². The SMILES string of the molecule is c1ccc(-c2nc(-c3ccc4oc5ccc(-c6cccc7c6oc6ccccc67)cc5c4c3)nc(-c3cccc4c3sc3ccccc34)n2)cc1. The van der Waals surface area contributed by atoms with Crippen LogP contribution in [0.1, 0.15) is 0 Å². The van der Waals surface area contributed by atoms with Crippen LogP contribution in [0.5, 0.6) is 0 Å². The Labute approximate surface area is 295 Å². The molecule has 11 rings (SSSR count). The molecule has 238 valence electrons. The van der Waals surface area contributed by atoms with Crippen molar-refractivity contribution in [3.63, 3.8) is 0 Å². The van der Waals surface area contributed by atoms with Crippen molar-refractivity contribution in [1.29, 1.82) is 0 Å². The van der Waals surface area contributed by atoms with Crippen molar-refractivity contribution >= 4 is 75.4 Å². The van der Waals surface area contributed by atoms with Gasteiger partial charge < -0.3 is 8.83 Å². The highest BCUT2D eigenvalue weighted by atomic mass is 32.1. The highest BCUT2D eigenvalue weighted by Crippen LogP contribution is 2.41. The average Bonchev–Trinajstić information content (AvgIpc) is 3.89. The maximum Gasteiger partial charge on any atom is 0.165 e. The molecule has 0 spiro atoms. The van der Waals surface area contributed by atoms with Gasteiger partial charge in [0.1, 0.15) is 22.3 Å². The van der Waals surface area contributed by atoms with Crippen molar-refractivity contribution < 1.29 is 8.83 Å². The molecule has 0 aliphatic heterocycles.